The van der Waals surface area contributed by atoms with E-state index in [0.29, 0.717) is 16.7 Å². The average Bonchev–Trinajstić information content (AvgIpc) is 3.34. The second kappa shape index (κ2) is 9.12. The summed E-state index contributed by atoms with van der Waals surface area (Å²) in [5, 5.41) is 19.3. The third-order valence-corrected chi connectivity index (χ3v) is 6.55. The first-order valence-corrected chi connectivity index (χ1v) is 11.2. The van der Waals surface area contributed by atoms with Gasteiger partial charge >= 0.3 is 5.97 Å². The van der Waals surface area contributed by atoms with Crippen LogP contribution in [-0.4, -0.2) is 5.97 Å². The van der Waals surface area contributed by atoms with Gasteiger partial charge in [-0.25, -0.2) is 4.79 Å². The summed E-state index contributed by atoms with van der Waals surface area (Å²) in [6.07, 6.45) is 0. The highest BCUT2D eigenvalue weighted by atomic mass is 32.1. The maximum Gasteiger partial charge on any atom is 0.344 e. The smallest absolute Gasteiger partial charge is 0.344 e. The molecule has 1 aliphatic heterocycles. The number of hydrogen-bond acceptors (Lipinski definition) is 5. The van der Waals surface area contributed by atoms with Gasteiger partial charge in [-0.2, -0.15) is 10.5 Å². The molecule has 0 fully saturated rings. The molecular weight excluding hydrogens is 428 g/mol. The lowest BCUT2D eigenvalue weighted by atomic mass is 9.79. The highest BCUT2D eigenvalue weighted by Crippen LogP contribution is 2.47. The Kier molecular flexibility index (Phi) is 6.09. The molecule has 1 aliphatic rings. The zero-order valence-corrected chi connectivity index (χ0v) is 19.1. The number of hydrogen-bond donors (Lipinski definition) is 0. The van der Waals surface area contributed by atoms with Gasteiger partial charge in [0.2, 0.25) is 0 Å². The van der Waals surface area contributed by atoms with Crippen molar-refractivity contribution in [3.8, 4) is 12.1 Å². The average molecular weight is 449 g/mol. The van der Waals surface area contributed by atoms with Gasteiger partial charge < -0.3 is 4.74 Å². The van der Waals surface area contributed by atoms with Gasteiger partial charge in [-0.15, -0.1) is 11.3 Å². The zero-order chi connectivity index (χ0) is 23.5. The van der Waals surface area contributed by atoms with E-state index >= 15 is 0 Å². The van der Waals surface area contributed by atoms with Crippen molar-refractivity contribution in [3.05, 3.63) is 122 Å². The Bertz CT molecular complexity index is 1340. The lowest BCUT2D eigenvalue weighted by Crippen LogP contribution is -2.09. The second-order valence-corrected chi connectivity index (χ2v) is 9.13. The number of cyclic esters (lactones) is 1. The quantitative estimate of drug-likeness (QED) is 0.336. The Balaban J connectivity index is 2.08. The van der Waals surface area contributed by atoms with Gasteiger partial charge in [0.1, 0.15) is 12.1 Å². The Labute approximate surface area is 197 Å². The maximum atomic E-state index is 13.2. The van der Waals surface area contributed by atoms with Crippen molar-refractivity contribution in [1.29, 1.82) is 10.5 Å². The topological polar surface area (TPSA) is 73.9 Å². The molecule has 0 saturated heterocycles. The number of nitriles is 2. The molecule has 0 radical (unpaired) electrons. The fourth-order valence-corrected chi connectivity index (χ4v) is 5.13. The molecule has 0 unspecified atom stereocenters. The predicted octanol–water partition coefficient (Wildman–Crippen LogP) is 6.36. The van der Waals surface area contributed by atoms with Crippen LogP contribution in [0.25, 0.3) is 5.57 Å². The summed E-state index contributed by atoms with van der Waals surface area (Å²) in [5.74, 6) is -1.03. The van der Waals surface area contributed by atoms with Crippen molar-refractivity contribution in [1.82, 2.24) is 0 Å². The largest absolute Gasteiger partial charge is 0.420 e. The molecule has 3 aromatic rings. The fourth-order valence-electron chi connectivity index (χ4n) is 4.18. The molecule has 0 spiro atoms. The number of benzene rings is 2. The molecule has 4 rings (SSSR count). The van der Waals surface area contributed by atoms with E-state index in [1.807, 2.05) is 92.7 Å². The molecule has 0 amide bonds. The van der Waals surface area contributed by atoms with E-state index in [2.05, 4.69) is 6.58 Å². The molecule has 0 atom stereocenters. The van der Waals surface area contributed by atoms with Gasteiger partial charge in [0.25, 0.3) is 0 Å². The van der Waals surface area contributed by atoms with Crippen LogP contribution in [0, 0.1) is 36.5 Å². The van der Waals surface area contributed by atoms with E-state index in [0.717, 1.165) is 26.4 Å². The van der Waals surface area contributed by atoms with E-state index in [4.69, 9.17) is 4.74 Å². The Hall–Kier alpha value is -4.19. The summed E-state index contributed by atoms with van der Waals surface area (Å²) in [4.78, 5) is 15.4. The third-order valence-electron chi connectivity index (χ3n) is 5.59. The molecule has 1 aromatic heterocycles. The van der Waals surface area contributed by atoms with Gasteiger partial charge in [-0.05, 0) is 42.2 Å². The van der Waals surface area contributed by atoms with Crippen LogP contribution in [-0.2, 0) is 9.53 Å². The number of thiophene rings is 1. The van der Waals surface area contributed by atoms with Gasteiger partial charge in [-0.3, -0.25) is 0 Å². The molecular formula is C28H20N2O2S. The van der Waals surface area contributed by atoms with Gasteiger partial charge in [0.15, 0.2) is 11.3 Å². The molecule has 0 N–H and O–H groups in total. The van der Waals surface area contributed by atoms with Crippen LogP contribution in [0.1, 0.15) is 32.4 Å². The molecule has 0 aliphatic carbocycles. The van der Waals surface area contributed by atoms with Crippen molar-refractivity contribution in [2.45, 2.75) is 19.8 Å². The van der Waals surface area contributed by atoms with Crippen molar-refractivity contribution in [3.63, 3.8) is 0 Å². The highest BCUT2D eigenvalue weighted by Gasteiger charge is 2.40. The molecule has 2 heterocycles. The number of nitrogens with zero attached hydrogens (tertiary/aromatic N) is 2. The van der Waals surface area contributed by atoms with Gasteiger partial charge in [-0.1, -0.05) is 67.2 Å². The minimum absolute atomic E-state index is 0.00320. The first kappa shape index (κ1) is 22.0. The Morgan fingerprint density at radius 1 is 0.970 bits per heavy atom. The first-order valence-electron chi connectivity index (χ1n) is 10.3. The van der Waals surface area contributed by atoms with Crippen molar-refractivity contribution >= 4 is 22.9 Å². The molecule has 4 nitrogen and oxygen atoms in total. The van der Waals surface area contributed by atoms with Crippen molar-refractivity contribution in [2.75, 3.05) is 0 Å². The number of rotatable bonds is 5. The summed E-state index contributed by atoms with van der Waals surface area (Å²) in [6, 6.07) is 25.2. The van der Waals surface area contributed by atoms with Crippen molar-refractivity contribution in [2.24, 2.45) is 0 Å². The standard InChI is InChI=1S/C28H20N2O2S/c1-17-14-23(19(3)33-17)18(2)24-26(27(32-28(24)31)22(15-29)16-30)25(20-10-6-4-7-11-20)21-12-8-5-9-13-21/h4-14,25H,2H2,1,3H3. The lowest BCUT2D eigenvalue weighted by molar-refractivity contribution is -0.132. The summed E-state index contributed by atoms with van der Waals surface area (Å²) in [7, 11) is 0. The summed E-state index contributed by atoms with van der Waals surface area (Å²) in [5.41, 5.74) is 3.76. The monoisotopic (exact) mass is 448 g/mol. The molecule has 2 aromatic carbocycles. The molecule has 160 valence electrons. The predicted molar refractivity (Wildman–Crippen MR) is 129 cm³/mol. The van der Waals surface area contributed by atoms with E-state index < -0.39 is 11.9 Å². The van der Waals surface area contributed by atoms with Crippen molar-refractivity contribution < 1.29 is 9.53 Å². The molecule has 33 heavy (non-hydrogen) atoms. The molecule has 0 saturated carbocycles. The molecule has 5 heteroatoms. The number of aryl methyl sites for hydroxylation is 2. The van der Waals surface area contributed by atoms with Gasteiger partial charge in [0, 0.05) is 21.2 Å². The fraction of sp³-hybridized carbons (Fsp3) is 0.107. The van der Waals surface area contributed by atoms with Crippen LogP contribution < -0.4 is 0 Å². The Morgan fingerprint density at radius 2 is 1.52 bits per heavy atom. The zero-order valence-electron chi connectivity index (χ0n) is 18.3. The van der Waals surface area contributed by atoms with Crippen LogP contribution in [0.2, 0.25) is 0 Å². The normalized spacial score (nSPS) is 13.0. The molecule has 0 bridgehead atoms. The minimum Gasteiger partial charge on any atom is -0.420 e. The minimum atomic E-state index is -0.604. The lowest BCUT2D eigenvalue weighted by Gasteiger charge is -2.21. The van der Waals surface area contributed by atoms with Crippen LogP contribution in [0.3, 0.4) is 0 Å². The van der Waals surface area contributed by atoms with E-state index in [-0.39, 0.29) is 11.3 Å². The second-order valence-electron chi connectivity index (χ2n) is 7.67. The summed E-state index contributed by atoms with van der Waals surface area (Å²) in [6.45, 7) is 8.24. The maximum absolute atomic E-state index is 13.2. The summed E-state index contributed by atoms with van der Waals surface area (Å²) < 4.78 is 5.61. The van der Waals surface area contributed by atoms with E-state index in [1.165, 1.54) is 0 Å². The van der Waals surface area contributed by atoms with E-state index in [1.54, 1.807) is 11.3 Å². The van der Waals surface area contributed by atoms with Gasteiger partial charge in [0.05, 0.1) is 5.57 Å². The first-order chi connectivity index (χ1) is 16.0. The highest BCUT2D eigenvalue weighted by molar-refractivity contribution is 7.12. The number of esters is 1. The number of carbonyl (C=O) groups is 1. The van der Waals surface area contributed by atoms with Crippen LogP contribution in [0.15, 0.2) is 95.8 Å². The van der Waals surface area contributed by atoms with E-state index in [9.17, 15) is 15.3 Å². The Morgan fingerprint density at radius 3 is 1.97 bits per heavy atom. The van der Waals surface area contributed by atoms with Crippen LogP contribution in [0.5, 0.6) is 0 Å². The number of allylic oxidation sites excluding steroid dienone is 2. The number of carbonyl (C=O) groups excluding carboxylic acids is 1. The van der Waals surface area contributed by atoms with Crippen LogP contribution in [0.4, 0.5) is 0 Å². The van der Waals surface area contributed by atoms with Crippen LogP contribution >= 0.6 is 11.3 Å². The number of ether oxygens (including phenoxy) is 1. The SMILES string of the molecule is C=C(C1=C(C(c2ccccc2)c2ccccc2)C(=C(C#N)C#N)OC1=O)c1cc(C)sc1C. The summed E-state index contributed by atoms with van der Waals surface area (Å²) >= 11 is 1.62. The third kappa shape index (κ3) is 4.03.